The first-order valence-corrected chi connectivity index (χ1v) is 11.1. The van der Waals surface area contributed by atoms with Crippen LogP contribution in [0.15, 0.2) is 40.8 Å². The van der Waals surface area contributed by atoms with Crippen LogP contribution in [0.2, 0.25) is 0 Å². The Hall–Kier alpha value is -2.14. The minimum atomic E-state index is -3.16. The summed E-state index contributed by atoms with van der Waals surface area (Å²) in [7, 11) is -3.16. The van der Waals surface area contributed by atoms with Crippen LogP contribution in [0.4, 0.5) is 0 Å². The van der Waals surface area contributed by atoms with Crippen molar-refractivity contribution < 1.29 is 12.8 Å². The molecule has 3 fully saturated rings. The Morgan fingerprint density at radius 3 is 2.74 bits per heavy atom. The molecule has 2 bridgehead atoms. The highest BCUT2D eigenvalue weighted by molar-refractivity contribution is 7.88. The summed E-state index contributed by atoms with van der Waals surface area (Å²) in [5, 5.41) is 9.29. The van der Waals surface area contributed by atoms with E-state index in [-0.39, 0.29) is 6.04 Å². The summed E-state index contributed by atoms with van der Waals surface area (Å²) in [6, 6.07) is 13.7. The minimum Gasteiger partial charge on any atom is -0.460 e. The predicted molar refractivity (Wildman–Crippen MR) is 102 cm³/mol. The lowest BCUT2D eigenvalue weighted by atomic mass is 9.95. The molecule has 5 rings (SSSR count). The molecule has 3 saturated heterocycles. The lowest BCUT2D eigenvalue weighted by Crippen LogP contribution is -2.43. The summed E-state index contributed by atoms with van der Waals surface area (Å²) in [5.41, 5.74) is 1.39. The number of rotatable bonds is 4. The predicted octanol–water partition coefficient (Wildman–Crippen LogP) is 2.67. The molecule has 3 aliphatic rings. The van der Waals surface area contributed by atoms with E-state index in [0.717, 1.165) is 30.7 Å². The second-order valence-corrected chi connectivity index (χ2v) is 9.51. The maximum absolute atomic E-state index is 12.0. The highest BCUT2D eigenvalue weighted by atomic mass is 32.2. The summed E-state index contributed by atoms with van der Waals surface area (Å²) in [6.07, 6.45) is 3.39. The maximum Gasteiger partial charge on any atom is 0.211 e. The third-order valence-corrected chi connectivity index (χ3v) is 6.83. The molecular formula is C20H23N3O3S. The van der Waals surface area contributed by atoms with Crippen molar-refractivity contribution in [1.82, 2.24) is 9.21 Å². The van der Waals surface area contributed by atoms with Crippen LogP contribution in [0, 0.1) is 17.2 Å². The molecular weight excluding hydrogens is 362 g/mol. The lowest BCUT2D eigenvalue weighted by Gasteiger charge is -2.35. The van der Waals surface area contributed by atoms with Crippen LogP contribution >= 0.6 is 0 Å². The normalized spacial score (nSPS) is 23.9. The summed E-state index contributed by atoms with van der Waals surface area (Å²) in [4.78, 5) is 2.35. The number of sulfonamides is 1. The van der Waals surface area contributed by atoms with E-state index < -0.39 is 10.0 Å². The molecule has 27 heavy (non-hydrogen) atoms. The van der Waals surface area contributed by atoms with E-state index >= 15 is 0 Å². The molecule has 0 spiro atoms. The Bertz CT molecular complexity index is 976. The molecule has 4 heterocycles. The summed E-state index contributed by atoms with van der Waals surface area (Å²) in [6.45, 7) is 2.72. The third-order valence-electron chi connectivity index (χ3n) is 5.60. The number of hydrogen-bond acceptors (Lipinski definition) is 5. The molecule has 0 N–H and O–H groups in total. The van der Waals surface area contributed by atoms with E-state index in [0.29, 0.717) is 36.9 Å². The minimum absolute atomic E-state index is 0.221. The monoisotopic (exact) mass is 385 g/mol. The van der Waals surface area contributed by atoms with Crippen molar-refractivity contribution >= 4 is 10.0 Å². The van der Waals surface area contributed by atoms with Gasteiger partial charge in [-0.2, -0.15) is 5.26 Å². The number of benzene rings is 1. The SMILES string of the molecule is CS(=O)(=O)N1C[C@H]2CC[C@@H](C1)N(Cc1ccc(-c3ccccc3C#N)o1)C2. The molecule has 1 aromatic carbocycles. The molecule has 0 saturated carbocycles. The fourth-order valence-electron chi connectivity index (χ4n) is 4.20. The Labute approximate surface area is 160 Å². The zero-order valence-electron chi connectivity index (χ0n) is 15.3. The van der Waals surface area contributed by atoms with Crippen LogP contribution in [-0.2, 0) is 16.6 Å². The van der Waals surface area contributed by atoms with Gasteiger partial charge in [-0.1, -0.05) is 12.1 Å². The van der Waals surface area contributed by atoms with Crippen molar-refractivity contribution in [3.63, 3.8) is 0 Å². The van der Waals surface area contributed by atoms with E-state index in [1.807, 2.05) is 30.3 Å². The van der Waals surface area contributed by atoms with Gasteiger partial charge in [-0.25, -0.2) is 12.7 Å². The Balaban J connectivity index is 1.52. The summed E-state index contributed by atoms with van der Waals surface area (Å²) >= 11 is 0. The van der Waals surface area contributed by atoms with Gasteiger partial charge in [-0.3, -0.25) is 4.90 Å². The van der Waals surface area contributed by atoms with E-state index in [9.17, 15) is 13.7 Å². The van der Waals surface area contributed by atoms with Gasteiger partial charge < -0.3 is 4.42 Å². The maximum atomic E-state index is 12.0. The quantitative estimate of drug-likeness (QED) is 0.809. The van der Waals surface area contributed by atoms with E-state index in [2.05, 4.69) is 11.0 Å². The Kier molecular flexibility index (Phi) is 4.81. The van der Waals surface area contributed by atoms with Crippen LogP contribution in [0.5, 0.6) is 0 Å². The average Bonchev–Trinajstić information content (AvgIpc) is 2.89. The zero-order valence-corrected chi connectivity index (χ0v) is 16.2. The first-order valence-electron chi connectivity index (χ1n) is 9.21. The fourth-order valence-corrected chi connectivity index (χ4v) is 5.13. The number of hydrogen-bond donors (Lipinski definition) is 0. The molecule has 1 aromatic heterocycles. The molecule has 6 nitrogen and oxygen atoms in total. The van der Waals surface area contributed by atoms with Crippen LogP contribution in [0.3, 0.4) is 0 Å². The fraction of sp³-hybridized carbons (Fsp3) is 0.450. The molecule has 3 aliphatic heterocycles. The highest BCUT2D eigenvalue weighted by Gasteiger charge is 2.37. The van der Waals surface area contributed by atoms with Crippen LogP contribution < -0.4 is 0 Å². The van der Waals surface area contributed by atoms with Gasteiger partial charge >= 0.3 is 0 Å². The van der Waals surface area contributed by atoms with Crippen molar-refractivity contribution in [2.75, 3.05) is 25.9 Å². The Morgan fingerprint density at radius 2 is 1.96 bits per heavy atom. The van der Waals surface area contributed by atoms with E-state index in [1.165, 1.54) is 6.26 Å². The van der Waals surface area contributed by atoms with E-state index in [4.69, 9.17) is 4.42 Å². The van der Waals surface area contributed by atoms with Gasteiger partial charge in [-0.15, -0.1) is 0 Å². The van der Waals surface area contributed by atoms with Crippen molar-refractivity contribution in [2.45, 2.75) is 25.4 Å². The molecule has 2 aromatic rings. The van der Waals surface area contributed by atoms with Crippen molar-refractivity contribution in [2.24, 2.45) is 5.92 Å². The number of furan rings is 1. The van der Waals surface area contributed by atoms with Gasteiger partial charge in [-0.05, 0) is 43.0 Å². The molecule has 2 atom stereocenters. The standard InChI is InChI=1S/C20H23N3O3S/c1-27(24,25)23-12-15-6-7-17(13-23)22(11-15)14-18-8-9-20(26-18)19-5-3-2-4-16(19)10-21/h2-5,8-9,15,17H,6-7,11-14H2,1H3/t15-,17-/m0/s1. The largest absolute Gasteiger partial charge is 0.460 e. The van der Waals surface area contributed by atoms with Gasteiger partial charge in [0.1, 0.15) is 11.5 Å². The first kappa shape index (κ1) is 18.2. The summed E-state index contributed by atoms with van der Waals surface area (Å²) in [5.74, 6) is 1.91. The van der Waals surface area contributed by atoms with Gasteiger partial charge in [0, 0.05) is 31.2 Å². The second kappa shape index (κ2) is 7.12. The van der Waals surface area contributed by atoms with Gasteiger partial charge in [0.05, 0.1) is 24.4 Å². The van der Waals surface area contributed by atoms with Crippen LogP contribution in [-0.4, -0.2) is 49.6 Å². The van der Waals surface area contributed by atoms with Gasteiger partial charge in [0.25, 0.3) is 0 Å². The first-order chi connectivity index (χ1) is 12.9. The molecule has 142 valence electrons. The van der Waals surface area contributed by atoms with Crippen molar-refractivity contribution in [3.05, 3.63) is 47.7 Å². The van der Waals surface area contributed by atoms with Crippen LogP contribution in [0.1, 0.15) is 24.2 Å². The number of piperidine rings is 1. The number of nitriles is 1. The third kappa shape index (κ3) is 3.79. The van der Waals surface area contributed by atoms with Crippen molar-refractivity contribution in [1.29, 1.82) is 5.26 Å². The van der Waals surface area contributed by atoms with Crippen LogP contribution in [0.25, 0.3) is 11.3 Å². The number of nitrogens with zero attached hydrogens (tertiary/aromatic N) is 3. The average molecular weight is 385 g/mol. The second-order valence-electron chi connectivity index (χ2n) is 7.53. The van der Waals surface area contributed by atoms with E-state index in [1.54, 1.807) is 10.4 Å². The number of fused-ring (bicyclic) bond motifs is 4. The smallest absolute Gasteiger partial charge is 0.211 e. The lowest BCUT2D eigenvalue weighted by molar-refractivity contribution is 0.117. The summed E-state index contributed by atoms with van der Waals surface area (Å²) < 4.78 is 31.7. The molecule has 7 heteroatoms. The molecule has 0 unspecified atom stereocenters. The van der Waals surface area contributed by atoms with Gasteiger partial charge in [0.15, 0.2) is 0 Å². The molecule has 0 radical (unpaired) electrons. The highest BCUT2D eigenvalue weighted by Crippen LogP contribution is 2.31. The zero-order chi connectivity index (χ0) is 19.0. The molecule has 0 aliphatic carbocycles. The van der Waals surface area contributed by atoms with Crippen molar-refractivity contribution in [3.8, 4) is 17.4 Å². The topological polar surface area (TPSA) is 77.5 Å². The van der Waals surface area contributed by atoms with Gasteiger partial charge in [0.2, 0.25) is 10.0 Å². The molecule has 0 amide bonds. The Morgan fingerprint density at radius 1 is 1.15 bits per heavy atom.